The lowest BCUT2D eigenvalue weighted by Gasteiger charge is -2.32. The molecule has 0 heterocycles. The first-order chi connectivity index (χ1) is 7.65. The molecule has 3 atom stereocenters. The van der Waals surface area contributed by atoms with Crippen LogP contribution in [0, 0.1) is 11.3 Å². The van der Waals surface area contributed by atoms with Crippen molar-refractivity contribution in [3.05, 3.63) is 0 Å². The van der Waals surface area contributed by atoms with Crippen LogP contribution in [-0.2, 0) is 9.53 Å². The Hall–Kier alpha value is -0.370. The SMILES string of the molecule is COC1CC[C@@H]2CCCCC[C@](C)(C1)C2=O. The monoisotopic (exact) mass is 224 g/mol. The van der Waals surface area contributed by atoms with Gasteiger partial charge in [0, 0.05) is 18.4 Å². The molecule has 2 fully saturated rings. The normalized spacial score (nSPS) is 41.0. The summed E-state index contributed by atoms with van der Waals surface area (Å²) in [6, 6.07) is 0. The number of rotatable bonds is 1. The Morgan fingerprint density at radius 2 is 2.00 bits per heavy atom. The molecular weight excluding hydrogens is 200 g/mol. The summed E-state index contributed by atoms with van der Waals surface area (Å²) in [7, 11) is 1.79. The van der Waals surface area contributed by atoms with Crippen molar-refractivity contribution in [1.82, 2.24) is 0 Å². The van der Waals surface area contributed by atoms with Gasteiger partial charge in [-0.25, -0.2) is 0 Å². The summed E-state index contributed by atoms with van der Waals surface area (Å²) in [5.74, 6) is 0.859. The van der Waals surface area contributed by atoms with Gasteiger partial charge >= 0.3 is 0 Å². The van der Waals surface area contributed by atoms with E-state index in [2.05, 4.69) is 6.92 Å². The fourth-order valence-electron chi connectivity index (χ4n) is 3.50. The average molecular weight is 224 g/mol. The first-order valence-electron chi connectivity index (χ1n) is 6.73. The van der Waals surface area contributed by atoms with Gasteiger partial charge in [0.15, 0.2) is 0 Å². The van der Waals surface area contributed by atoms with E-state index in [0.717, 1.165) is 32.1 Å². The molecule has 16 heavy (non-hydrogen) atoms. The van der Waals surface area contributed by atoms with Crippen LogP contribution in [-0.4, -0.2) is 19.0 Å². The Kier molecular flexibility index (Phi) is 3.68. The van der Waals surface area contributed by atoms with Crippen molar-refractivity contribution in [2.45, 2.75) is 64.4 Å². The second-order valence-corrected chi connectivity index (χ2v) is 5.86. The molecule has 0 aromatic rings. The minimum atomic E-state index is -0.0950. The van der Waals surface area contributed by atoms with Crippen LogP contribution in [0.2, 0.25) is 0 Å². The van der Waals surface area contributed by atoms with Crippen LogP contribution in [0.25, 0.3) is 0 Å². The van der Waals surface area contributed by atoms with E-state index in [-0.39, 0.29) is 5.41 Å². The molecule has 92 valence electrons. The highest BCUT2D eigenvalue weighted by molar-refractivity contribution is 5.87. The number of carbonyl (C=O) groups is 1. The molecule has 2 nitrogen and oxygen atoms in total. The number of hydrogen-bond donors (Lipinski definition) is 0. The van der Waals surface area contributed by atoms with Crippen molar-refractivity contribution < 1.29 is 9.53 Å². The lowest BCUT2D eigenvalue weighted by Crippen LogP contribution is -2.35. The van der Waals surface area contributed by atoms with E-state index in [0.29, 0.717) is 17.8 Å². The van der Waals surface area contributed by atoms with Gasteiger partial charge in [0.2, 0.25) is 0 Å². The molecule has 2 bridgehead atoms. The lowest BCUT2D eigenvalue weighted by atomic mass is 9.71. The summed E-state index contributed by atoms with van der Waals surface area (Å²) in [4.78, 5) is 12.5. The fourth-order valence-corrected chi connectivity index (χ4v) is 3.50. The van der Waals surface area contributed by atoms with Crippen LogP contribution in [0.4, 0.5) is 0 Å². The van der Waals surface area contributed by atoms with Crippen molar-refractivity contribution in [2.75, 3.05) is 7.11 Å². The van der Waals surface area contributed by atoms with Crippen molar-refractivity contribution in [2.24, 2.45) is 11.3 Å². The summed E-state index contributed by atoms with van der Waals surface area (Å²) in [6.45, 7) is 2.17. The van der Waals surface area contributed by atoms with E-state index in [1.54, 1.807) is 7.11 Å². The number of hydrogen-bond acceptors (Lipinski definition) is 2. The Labute approximate surface area is 98.7 Å². The fraction of sp³-hybridized carbons (Fsp3) is 0.929. The van der Waals surface area contributed by atoms with E-state index in [1.807, 2.05) is 0 Å². The molecule has 0 N–H and O–H groups in total. The van der Waals surface area contributed by atoms with Crippen LogP contribution in [0.3, 0.4) is 0 Å². The largest absolute Gasteiger partial charge is 0.381 e. The van der Waals surface area contributed by atoms with Gasteiger partial charge in [0.25, 0.3) is 0 Å². The molecule has 2 aliphatic rings. The van der Waals surface area contributed by atoms with Gasteiger partial charge < -0.3 is 4.74 Å². The molecule has 2 aliphatic carbocycles. The third-order valence-electron chi connectivity index (χ3n) is 4.60. The summed E-state index contributed by atoms with van der Waals surface area (Å²) < 4.78 is 5.52. The third kappa shape index (κ3) is 2.32. The first kappa shape index (κ1) is 12.1. The van der Waals surface area contributed by atoms with Crippen LogP contribution in [0.15, 0.2) is 0 Å². The van der Waals surface area contributed by atoms with Crippen molar-refractivity contribution in [1.29, 1.82) is 0 Å². The van der Waals surface area contributed by atoms with Crippen LogP contribution < -0.4 is 0 Å². The number of carbonyl (C=O) groups excluding carboxylic acids is 1. The predicted molar refractivity (Wildman–Crippen MR) is 64.3 cm³/mol. The highest BCUT2D eigenvalue weighted by Gasteiger charge is 2.42. The molecule has 2 heteroatoms. The molecule has 0 amide bonds. The summed E-state index contributed by atoms with van der Waals surface area (Å²) in [6.07, 6.45) is 9.31. The highest BCUT2D eigenvalue weighted by atomic mass is 16.5. The molecule has 0 radical (unpaired) electrons. The van der Waals surface area contributed by atoms with Crippen LogP contribution >= 0.6 is 0 Å². The van der Waals surface area contributed by atoms with Gasteiger partial charge in [-0.05, 0) is 32.1 Å². The van der Waals surface area contributed by atoms with Gasteiger partial charge in [-0.2, -0.15) is 0 Å². The van der Waals surface area contributed by atoms with Gasteiger partial charge in [0.05, 0.1) is 6.10 Å². The first-order valence-corrected chi connectivity index (χ1v) is 6.73. The van der Waals surface area contributed by atoms with E-state index in [1.165, 1.54) is 19.3 Å². The summed E-state index contributed by atoms with van der Waals surface area (Å²) in [5.41, 5.74) is -0.0950. The number of ketones is 1. The Bertz CT molecular complexity index is 261. The molecule has 2 saturated carbocycles. The van der Waals surface area contributed by atoms with Crippen molar-refractivity contribution in [3.63, 3.8) is 0 Å². The number of ether oxygens (including phenoxy) is 1. The lowest BCUT2D eigenvalue weighted by molar-refractivity contribution is -0.133. The average Bonchev–Trinajstić information content (AvgIpc) is 2.41. The second-order valence-electron chi connectivity index (χ2n) is 5.86. The summed E-state index contributed by atoms with van der Waals surface area (Å²) in [5, 5.41) is 0. The molecule has 0 aromatic carbocycles. The minimum Gasteiger partial charge on any atom is -0.381 e. The quantitative estimate of drug-likeness (QED) is 0.683. The Balaban J connectivity index is 2.21. The zero-order chi connectivity index (χ0) is 11.6. The van der Waals surface area contributed by atoms with Crippen LogP contribution in [0.5, 0.6) is 0 Å². The molecule has 0 saturated heterocycles. The van der Waals surface area contributed by atoms with Gasteiger partial charge in [0.1, 0.15) is 5.78 Å². The third-order valence-corrected chi connectivity index (χ3v) is 4.60. The number of Topliss-reactive ketones (excluding diaryl/α,β-unsaturated/α-hetero) is 1. The van der Waals surface area contributed by atoms with E-state index < -0.39 is 0 Å². The second kappa shape index (κ2) is 4.87. The number of fused-ring (bicyclic) bond motifs is 2. The molecule has 0 spiro atoms. The van der Waals surface area contributed by atoms with Gasteiger partial charge in [-0.15, -0.1) is 0 Å². The maximum Gasteiger partial charge on any atom is 0.141 e. The molecule has 0 aliphatic heterocycles. The molecule has 1 unspecified atom stereocenters. The van der Waals surface area contributed by atoms with Crippen molar-refractivity contribution >= 4 is 5.78 Å². The maximum absolute atomic E-state index is 12.5. The van der Waals surface area contributed by atoms with Crippen molar-refractivity contribution in [3.8, 4) is 0 Å². The maximum atomic E-state index is 12.5. The standard InChI is InChI=1S/C14H24O2/c1-14-9-5-3-4-6-11(13(14)15)7-8-12(10-14)16-2/h11-12H,3-10H2,1-2H3/t11-,12?,14+/m0/s1. The van der Waals surface area contributed by atoms with Gasteiger partial charge in [-0.1, -0.05) is 26.2 Å². The smallest absolute Gasteiger partial charge is 0.141 e. The zero-order valence-electron chi connectivity index (χ0n) is 10.6. The summed E-state index contributed by atoms with van der Waals surface area (Å²) >= 11 is 0. The van der Waals surface area contributed by atoms with E-state index in [4.69, 9.17) is 4.74 Å². The van der Waals surface area contributed by atoms with Crippen LogP contribution in [0.1, 0.15) is 58.3 Å². The molecule has 2 rings (SSSR count). The highest BCUT2D eigenvalue weighted by Crippen LogP contribution is 2.42. The van der Waals surface area contributed by atoms with E-state index >= 15 is 0 Å². The molecular formula is C14H24O2. The zero-order valence-corrected chi connectivity index (χ0v) is 10.6. The van der Waals surface area contributed by atoms with Gasteiger partial charge in [-0.3, -0.25) is 4.79 Å². The number of methoxy groups -OCH3 is 1. The topological polar surface area (TPSA) is 26.3 Å². The minimum absolute atomic E-state index is 0.0950. The van der Waals surface area contributed by atoms with E-state index in [9.17, 15) is 4.79 Å². The predicted octanol–water partition coefficient (Wildman–Crippen LogP) is 3.34. The molecule has 0 aromatic heterocycles. The Morgan fingerprint density at radius 3 is 2.75 bits per heavy atom. The Morgan fingerprint density at radius 1 is 1.19 bits per heavy atom.